The Morgan fingerprint density at radius 2 is 1.88 bits per heavy atom. The van der Waals surface area contributed by atoms with Crippen molar-refractivity contribution in [3.05, 3.63) is 52.2 Å². The van der Waals surface area contributed by atoms with Gasteiger partial charge in [0.2, 0.25) is 10.0 Å². The van der Waals surface area contributed by atoms with Crippen LogP contribution >= 0.6 is 11.3 Å². The van der Waals surface area contributed by atoms with Crippen LogP contribution in [0.25, 0.3) is 0 Å². The molecular weight excluding hydrogens is 364 g/mol. The number of nitrogens with zero attached hydrogens (tertiary/aromatic N) is 1. The quantitative estimate of drug-likeness (QED) is 0.732. The molecule has 9 heteroatoms. The average molecular weight is 382 g/mol. The number of primary sulfonamides is 1. The summed E-state index contributed by atoms with van der Waals surface area (Å²) in [7, 11) is -2.47. The van der Waals surface area contributed by atoms with Gasteiger partial charge in [0.05, 0.1) is 23.3 Å². The molecule has 25 heavy (non-hydrogen) atoms. The standard InChI is InChI=1S/C16H18N2O5S2/c1-23-15(19)8-9-18(16(20)14-3-2-10-24-14)11-12-4-6-13(7-5-12)25(17,21)22/h2-7,10H,8-9,11H2,1H3,(H2,17,21,22). The number of nitrogens with two attached hydrogens (primary N) is 1. The number of methoxy groups -OCH3 is 1. The Bertz CT molecular complexity index is 830. The van der Waals surface area contributed by atoms with E-state index in [0.717, 1.165) is 5.56 Å². The maximum absolute atomic E-state index is 12.6. The predicted octanol–water partition coefficient (Wildman–Crippen LogP) is 1.60. The number of amides is 1. The van der Waals surface area contributed by atoms with Crippen molar-refractivity contribution >= 4 is 33.2 Å². The summed E-state index contributed by atoms with van der Waals surface area (Å²) in [5.74, 6) is -0.608. The Morgan fingerprint density at radius 3 is 2.40 bits per heavy atom. The molecule has 1 aromatic carbocycles. The molecule has 0 atom stereocenters. The minimum Gasteiger partial charge on any atom is -0.469 e. The number of rotatable bonds is 7. The minimum absolute atomic E-state index is 0.00180. The van der Waals surface area contributed by atoms with Gasteiger partial charge in [-0.25, -0.2) is 13.6 Å². The molecular formula is C16H18N2O5S2. The zero-order valence-electron chi connectivity index (χ0n) is 13.5. The Labute approximate surface area is 150 Å². The van der Waals surface area contributed by atoms with Crippen LogP contribution in [0.2, 0.25) is 0 Å². The van der Waals surface area contributed by atoms with Crippen LogP contribution in [0.4, 0.5) is 0 Å². The molecule has 2 N–H and O–H groups in total. The largest absolute Gasteiger partial charge is 0.469 e. The summed E-state index contributed by atoms with van der Waals surface area (Å²) >= 11 is 1.31. The number of benzene rings is 1. The van der Waals surface area contributed by atoms with Crippen molar-refractivity contribution in [2.24, 2.45) is 5.14 Å². The molecule has 0 saturated carbocycles. The maximum atomic E-state index is 12.6. The fourth-order valence-electron chi connectivity index (χ4n) is 2.14. The lowest BCUT2D eigenvalue weighted by molar-refractivity contribution is -0.140. The highest BCUT2D eigenvalue weighted by Crippen LogP contribution is 2.16. The third kappa shape index (κ3) is 5.38. The van der Waals surface area contributed by atoms with E-state index in [2.05, 4.69) is 4.74 Å². The molecule has 0 aliphatic rings. The van der Waals surface area contributed by atoms with Gasteiger partial charge in [0.1, 0.15) is 0 Å². The highest BCUT2D eigenvalue weighted by Gasteiger charge is 2.19. The molecule has 134 valence electrons. The second kappa shape index (κ2) is 8.24. The highest BCUT2D eigenvalue weighted by atomic mass is 32.2. The second-order valence-electron chi connectivity index (χ2n) is 5.22. The van der Waals surface area contributed by atoms with E-state index in [4.69, 9.17) is 5.14 Å². The molecule has 0 aliphatic carbocycles. The molecule has 2 aromatic rings. The normalized spacial score (nSPS) is 11.1. The van der Waals surface area contributed by atoms with Gasteiger partial charge in [0, 0.05) is 13.1 Å². The molecule has 2 rings (SSSR count). The molecule has 1 heterocycles. The van der Waals surface area contributed by atoms with Crippen LogP contribution in [0, 0.1) is 0 Å². The summed E-state index contributed by atoms with van der Waals surface area (Å²) in [4.78, 5) is 26.1. The molecule has 0 unspecified atom stereocenters. The minimum atomic E-state index is -3.76. The zero-order chi connectivity index (χ0) is 18.4. The van der Waals surface area contributed by atoms with Crippen LogP contribution in [0.3, 0.4) is 0 Å². The van der Waals surface area contributed by atoms with Crippen molar-refractivity contribution < 1.29 is 22.7 Å². The Morgan fingerprint density at radius 1 is 1.20 bits per heavy atom. The number of carbonyl (C=O) groups excluding carboxylic acids is 2. The van der Waals surface area contributed by atoms with Crippen molar-refractivity contribution in [3.63, 3.8) is 0 Å². The van der Waals surface area contributed by atoms with Crippen molar-refractivity contribution in [3.8, 4) is 0 Å². The first kappa shape index (κ1) is 19.1. The molecule has 0 saturated heterocycles. The number of esters is 1. The van der Waals surface area contributed by atoms with Crippen LogP contribution in [0.15, 0.2) is 46.7 Å². The van der Waals surface area contributed by atoms with Crippen LogP contribution in [0.1, 0.15) is 21.7 Å². The van der Waals surface area contributed by atoms with Crippen LogP contribution in [-0.4, -0.2) is 38.8 Å². The highest BCUT2D eigenvalue weighted by molar-refractivity contribution is 7.89. The van der Waals surface area contributed by atoms with E-state index in [9.17, 15) is 18.0 Å². The summed E-state index contributed by atoms with van der Waals surface area (Å²) in [5.41, 5.74) is 0.724. The Balaban J connectivity index is 2.17. The summed E-state index contributed by atoms with van der Waals surface area (Å²) in [6, 6.07) is 9.44. The zero-order valence-corrected chi connectivity index (χ0v) is 15.2. The SMILES string of the molecule is COC(=O)CCN(Cc1ccc(S(N)(=O)=O)cc1)C(=O)c1cccs1. The fourth-order valence-corrected chi connectivity index (χ4v) is 3.35. The number of hydrogen-bond donors (Lipinski definition) is 1. The number of ether oxygens (including phenoxy) is 1. The maximum Gasteiger partial charge on any atom is 0.307 e. The molecule has 0 radical (unpaired) electrons. The van der Waals surface area contributed by atoms with Crippen LogP contribution in [0.5, 0.6) is 0 Å². The first-order valence-electron chi connectivity index (χ1n) is 7.32. The van der Waals surface area contributed by atoms with E-state index in [-0.39, 0.29) is 30.3 Å². The molecule has 0 aliphatic heterocycles. The van der Waals surface area contributed by atoms with E-state index in [1.807, 2.05) is 0 Å². The summed E-state index contributed by atoms with van der Waals surface area (Å²) in [6.45, 7) is 0.430. The van der Waals surface area contributed by atoms with E-state index < -0.39 is 16.0 Å². The Hall–Kier alpha value is -2.23. The van der Waals surface area contributed by atoms with Gasteiger partial charge in [-0.15, -0.1) is 11.3 Å². The lowest BCUT2D eigenvalue weighted by Crippen LogP contribution is -2.32. The van der Waals surface area contributed by atoms with Gasteiger partial charge in [0.15, 0.2) is 0 Å². The van der Waals surface area contributed by atoms with E-state index in [1.165, 1.54) is 35.5 Å². The predicted molar refractivity (Wildman–Crippen MR) is 93.5 cm³/mol. The van der Waals surface area contributed by atoms with Crippen molar-refractivity contribution in [1.29, 1.82) is 0 Å². The molecule has 7 nitrogen and oxygen atoms in total. The lowest BCUT2D eigenvalue weighted by atomic mass is 10.2. The number of thiophene rings is 1. The Kier molecular flexibility index (Phi) is 6.29. The molecule has 1 amide bonds. The number of sulfonamides is 1. The molecule has 0 fully saturated rings. The molecule has 0 bridgehead atoms. The van der Waals surface area contributed by atoms with E-state index in [0.29, 0.717) is 4.88 Å². The average Bonchev–Trinajstić information content (AvgIpc) is 3.11. The fraction of sp³-hybridized carbons (Fsp3) is 0.250. The third-order valence-corrected chi connectivity index (χ3v) is 5.25. The van der Waals surface area contributed by atoms with E-state index in [1.54, 1.807) is 29.6 Å². The molecule has 1 aromatic heterocycles. The lowest BCUT2D eigenvalue weighted by Gasteiger charge is -2.22. The topological polar surface area (TPSA) is 107 Å². The summed E-state index contributed by atoms with van der Waals surface area (Å²) < 4.78 is 27.2. The number of hydrogen-bond acceptors (Lipinski definition) is 6. The van der Waals surface area contributed by atoms with Crippen LogP contribution < -0.4 is 5.14 Å². The van der Waals surface area contributed by atoms with Gasteiger partial charge in [-0.05, 0) is 29.1 Å². The number of carbonyl (C=O) groups is 2. The van der Waals surface area contributed by atoms with Crippen molar-refractivity contribution in [2.75, 3.05) is 13.7 Å². The van der Waals surface area contributed by atoms with Crippen molar-refractivity contribution in [2.45, 2.75) is 17.9 Å². The third-order valence-electron chi connectivity index (χ3n) is 3.46. The first-order valence-corrected chi connectivity index (χ1v) is 9.75. The molecule has 0 spiro atoms. The smallest absolute Gasteiger partial charge is 0.307 e. The second-order valence-corrected chi connectivity index (χ2v) is 7.73. The van der Waals surface area contributed by atoms with Gasteiger partial charge in [-0.1, -0.05) is 18.2 Å². The van der Waals surface area contributed by atoms with Gasteiger partial charge >= 0.3 is 5.97 Å². The van der Waals surface area contributed by atoms with Crippen LogP contribution in [-0.2, 0) is 26.1 Å². The van der Waals surface area contributed by atoms with E-state index >= 15 is 0 Å². The van der Waals surface area contributed by atoms with Crippen molar-refractivity contribution in [1.82, 2.24) is 4.90 Å². The van der Waals surface area contributed by atoms with Gasteiger partial charge in [-0.3, -0.25) is 9.59 Å². The van der Waals surface area contributed by atoms with Gasteiger partial charge < -0.3 is 9.64 Å². The summed E-state index contributed by atoms with van der Waals surface area (Å²) in [6.07, 6.45) is 0.0723. The monoisotopic (exact) mass is 382 g/mol. The summed E-state index contributed by atoms with van der Waals surface area (Å²) in [5, 5.41) is 6.87. The van der Waals surface area contributed by atoms with Gasteiger partial charge in [-0.2, -0.15) is 0 Å². The van der Waals surface area contributed by atoms with Gasteiger partial charge in [0.25, 0.3) is 5.91 Å². The first-order chi connectivity index (χ1) is 11.8.